The van der Waals surface area contributed by atoms with E-state index in [1.54, 1.807) is 17.0 Å². The summed E-state index contributed by atoms with van der Waals surface area (Å²) >= 11 is 0. The maximum absolute atomic E-state index is 13.6. The second-order valence-corrected chi connectivity index (χ2v) is 9.79. The monoisotopic (exact) mass is 426 g/mol. The van der Waals surface area contributed by atoms with E-state index in [1.807, 2.05) is 50.2 Å². The highest BCUT2D eigenvalue weighted by molar-refractivity contribution is 6.10. The van der Waals surface area contributed by atoms with Gasteiger partial charge in [-0.25, -0.2) is 0 Å². The van der Waals surface area contributed by atoms with Crippen LogP contribution in [-0.4, -0.2) is 29.3 Å². The van der Waals surface area contributed by atoms with E-state index >= 15 is 0 Å². The molecule has 4 aliphatic carbocycles. The average Bonchev–Trinajstić information content (AvgIpc) is 3.58. The molecule has 1 aliphatic heterocycles. The van der Waals surface area contributed by atoms with Crippen LogP contribution in [0.25, 0.3) is 0 Å². The van der Waals surface area contributed by atoms with Crippen LogP contribution >= 0.6 is 0 Å². The maximum Gasteiger partial charge on any atom is 0.259 e. The number of benzene rings is 2. The van der Waals surface area contributed by atoms with Crippen molar-refractivity contribution < 1.29 is 14.4 Å². The number of likely N-dealkylation sites (tertiary alicyclic amines) is 1. The molecular weight excluding hydrogens is 400 g/mol. The molecule has 6 atom stereocenters. The molecule has 0 aromatic heterocycles. The molecule has 1 heterocycles. The molecule has 2 bridgehead atoms. The smallest absolute Gasteiger partial charge is 0.259 e. The average molecular weight is 427 g/mol. The van der Waals surface area contributed by atoms with Crippen LogP contribution < -0.4 is 4.90 Å². The zero-order chi connectivity index (χ0) is 22.1. The fourth-order valence-corrected chi connectivity index (χ4v) is 6.39. The van der Waals surface area contributed by atoms with Crippen LogP contribution in [0.5, 0.6) is 0 Å². The minimum absolute atomic E-state index is 0.0446. The first-order valence-electron chi connectivity index (χ1n) is 11.4. The second-order valence-electron chi connectivity index (χ2n) is 9.79. The highest BCUT2D eigenvalue weighted by atomic mass is 16.2. The summed E-state index contributed by atoms with van der Waals surface area (Å²) in [6.45, 7) is 3.92. The number of hydrogen-bond acceptors (Lipinski definition) is 3. The molecule has 162 valence electrons. The number of carbonyl (C=O) groups is 3. The summed E-state index contributed by atoms with van der Waals surface area (Å²) in [5, 5.41) is 0. The van der Waals surface area contributed by atoms with Crippen molar-refractivity contribution in [1.82, 2.24) is 4.90 Å². The van der Waals surface area contributed by atoms with Crippen LogP contribution in [0.3, 0.4) is 0 Å². The molecule has 0 radical (unpaired) electrons. The lowest BCUT2D eigenvalue weighted by atomic mass is 9.63. The van der Waals surface area contributed by atoms with Gasteiger partial charge in [-0.05, 0) is 67.7 Å². The van der Waals surface area contributed by atoms with Gasteiger partial charge in [-0.1, -0.05) is 48.0 Å². The Labute approximate surface area is 187 Å². The number of anilines is 1. The van der Waals surface area contributed by atoms with E-state index in [2.05, 4.69) is 12.2 Å². The van der Waals surface area contributed by atoms with E-state index < -0.39 is 0 Å². The molecule has 7 rings (SSSR count). The number of allylic oxidation sites excluding steroid dienone is 2. The molecule has 2 saturated carbocycles. The van der Waals surface area contributed by atoms with Gasteiger partial charge < -0.3 is 0 Å². The molecule has 5 heteroatoms. The molecule has 3 fully saturated rings. The minimum atomic E-state index is -0.256. The predicted molar refractivity (Wildman–Crippen MR) is 121 cm³/mol. The Kier molecular flexibility index (Phi) is 4.19. The molecule has 1 saturated heterocycles. The van der Waals surface area contributed by atoms with Gasteiger partial charge in [-0.3, -0.25) is 24.2 Å². The van der Waals surface area contributed by atoms with Crippen LogP contribution in [0.2, 0.25) is 0 Å². The molecule has 3 amide bonds. The van der Waals surface area contributed by atoms with E-state index in [0.717, 1.165) is 23.2 Å². The van der Waals surface area contributed by atoms with E-state index in [1.165, 1.54) is 4.90 Å². The molecule has 0 spiro atoms. The summed E-state index contributed by atoms with van der Waals surface area (Å²) in [5.41, 5.74) is 3.30. The van der Waals surface area contributed by atoms with E-state index in [9.17, 15) is 14.4 Å². The third-order valence-electron chi connectivity index (χ3n) is 7.95. The van der Waals surface area contributed by atoms with E-state index in [4.69, 9.17) is 0 Å². The number of hydrogen-bond donors (Lipinski definition) is 0. The first-order chi connectivity index (χ1) is 15.5. The number of aryl methyl sites for hydroxylation is 2. The van der Waals surface area contributed by atoms with Gasteiger partial charge in [0, 0.05) is 11.3 Å². The van der Waals surface area contributed by atoms with Crippen molar-refractivity contribution in [2.45, 2.75) is 20.3 Å². The van der Waals surface area contributed by atoms with Gasteiger partial charge in [-0.2, -0.15) is 0 Å². The van der Waals surface area contributed by atoms with E-state index in [-0.39, 0.29) is 48.1 Å². The number of rotatable bonds is 4. The quantitative estimate of drug-likeness (QED) is 0.549. The van der Waals surface area contributed by atoms with Gasteiger partial charge in [-0.15, -0.1) is 0 Å². The summed E-state index contributed by atoms with van der Waals surface area (Å²) in [6, 6.07) is 14.9. The standard InChI is InChI=1S/C27H26N2O3/c1-15-8-11-22(16(2)12-15)28(25(30)17-6-4-3-5-7-17)14-29-26(31)23-18-9-10-19(21-13-20(18)21)24(23)27(29)32/h3-12,18-21,23-24H,13-14H2,1-2H3/t18-,19-,20-,21-,23-,24+/m1/s1. The van der Waals surface area contributed by atoms with Gasteiger partial charge in [0.1, 0.15) is 6.67 Å². The Morgan fingerprint density at radius 1 is 0.938 bits per heavy atom. The minimum Gasteiger partial charge on any atom is -0.289 e. The normalized spacial score (nSPS) is 31.5. The first kappa shape index (κ1) is 19.5. The largest absolute Gasteiger partial charge is 0.289 e. The molecular formula is C27H26N2O3. The van der Waals surface area contributed by atoms with Crippen LogP contribution in [-0.2, 0) is 9.59 Å². The lowest BCUT2D eigenvalue weighted by molar-refractivity contribution is -0.140. The fraction of sp³-hybridized carbons (Fsp3) is 0.370. The Hall–Kier alpha value is -3.21. The summed E-state index contributed by atoms with van der Waals surface area (Å²) in [5.74, 6) is 0.529. The van der Waals surface area contributed by atoms with Crippen molar-refractivity contribution in [1.29, 1.82) is 0 Å². The predicted octanol–water partition coefficient (Wildman–Crippen LogP) is 3.96. The van der Waals surface area contributed by atoms with Crippen molar-refractivity contribution >= 4 is 23.4 Å². The van der Waals surface area contributed by atoms with Gasteiger partial charge >= 0.3 is 0 Å². The first-order valence-corrected chi connectivity index (χ1v) is 11.4. The van der Waals surface area contributed by atoms with Crippen molar-refractivity contribution in [3.63, 3.8) is 0 Å². The second kappa shape index (κ2) is 6.89. The molecule has 32 heavy (non-hydrogen) atoms. The Morgan fingerprint density at radius 3 is 2.16 bits per heavy atom. The Bertz CT molecular complexity index is 1130. The molecule has 0 N–H and O–H groups in total. The summed E-state index contributed by atoms with van der Waals surface area (Å²) in [4.78, 5) is 43.5. The number of nitrogens with zero attached hydrogens (tertiary/aromatic N) is 2. The molecule has 2 aromatic carbocycles. The van der Waals surface area contributed by atoms with E-state index in [0.29, 0.717) is 17.4 Å². The highest BCUT2D eigenvalue weighted by Crippen LogP contribution is 2.65. The Balaban J connectivity index is 1.36. The lowest BCUT2D eigenvalue weighted by Crippen LogP contribution is -2.45. The van der Waals surface area contributed by atoms with Gasteiger partial charge in [0.2, 0.25) is 11.8 Å². The summed E-state index contributed by atoms with van der Waals surface area (Å²) in [6.07, 6.45) is 5.48. The Morgan fingerprint density at radius 2 is 1.56 bits per heavy atom. The van der Waals surface area contributed by atoms with Gasteiger partial charge in [0.05, 0.1) is 11.8 Å². The fourth-order valence-electron chi connectivity index (χ4n) is 6.39. The van der Waals surface area contributed by atoms with Crippen molar-refractivity contribution in [2.75, 3.05) is 11.6 Å². The van der Waals surface area contributed by atoms with Crippen LogP contribution in [0.4, 0.5) is 5.69 Å². The lowest BCUT2D eigenvalue weighted by Gasteiger charge is -2.37. The highest BCUT2D eigenvalue weighted by Gasteiger charge is 2.67. The topological polar surface area (TPSA) is 57.7 Å². The summed E-state index contributed by atoms with van der Waals surface area (Å²) in [7, 11) is 0. The van der Waals surface area contributed by atoms with Gasteiger partial charge in [0.15, 0.2) is 0 Å². The number of imide groups is 1. The zero-order valence-corrected chi connectivity index (χ0v) is 18.3. The SMILES string of the molecule is Cc1ccc(N(CN2C(=O)[C@@H]3[C@@H]4C=C[C@H]([C@H]5C[C@H]45)[C@@H]3C2=O)C(=O)c2ccccc2)c(C)c1. The third kappa shape index (κ3) is 2.73. The van der Waals surface area contributed by atoms with Crippen molar-refractivity contribution in [2.24, 2.45) is 35.5 Å². The van der Waals surface area contributed by atoms with Gasteiger partial charge in [0.25, 0.3) is 5.91 Å². The molecule has 2 aromatic rings. The van der Waals surface area contributed by atoms with Crippen LogP contribution in [0.15, 0.2) is 60.7 Å². The molecule has 5 nitrogen and oxygen atoms in total. The molecule has 5 aliphatic rings. The zero-order valence-electron chi connectivity index (χ0n) is 18.3. The molecule has 0 unspecified atom stereocenters. The van der Waals surface area contributed by atoms with Crippen molar-refractivity contribution in [3.05, 3.63) is 77.4 Å². The van der Waals surface area contributed by atoms with Crippen LogP contribution in [0.1, 0.15) is 27.9 Å². The third-order valence-corrected chi connectivity index (χ3v) is 7.95. The number of amides is 3. The summed E-state index contributed by atoms with van der Waals surface area (Å²) < 4.78 is 0. The maximum atomic E-state index is 13.6. The van der Waals surface area contributed by atoms with Crippen LogP contribution in [0, 0.1) is 49.4 Å². The number of carbonyl (C=O) groups excluding carboxylic acids is 3. The van der Waals surface area contributed by atoms with Crippen molar-refractivity contribution in [3.8, 4) is 0 Å².